The Morgan fingerprint density at radius 1 is 0.833 bits per heavy atom. The lowest BCUT2D eigenvalue weighted by molar-refractivity contribution is 0.442. The summed E-state index contributed by atoms with van der Waals surface area (Å²) in [7, 11) is 0. The number of hydrogen-bond donors (Lipinski definition) is 0. The topological polar surface area (TPSA) is 0 Å². The van der Waals surface area contributed by atoms with Gasteiger partial charge in [0.15, 0.2) is 17.5 Å². The largest absolute Gasteiger partial charge is 0.203 e. The molecule has 0 amide bonds. The first-order chi connectivity index (χ1) is 5.46. The third-order valence-electron chi connectivity index (χ3n) is 1.80. The molecule has 0 nitrogen and oxygen atoms in total. The molecular weight excluding hydrogens is 189 g/mol. The maximum Gasteiger partial charge on any atom is 0.196 e. The fourth-order valence-corrected chi connectivity index (χ4v) is 1.08. The van der Waals surface area contributed by atoms with Gasteiger partial charge in [-0.1, -0.05) is 11.6 Å². The summed E-state index contributed by atoms with van der Waals surface area (Å²) in [6.45, 7) is 2.78. The van der Waals surface area contributed by atoms with E-state index in [-0.39, 0.29) is 16.1 Å². The minimum absolute atomic E-state index is 0.0406. The summed E-state index contributed by atoms with van der Waals surface area (Å²) in [4.78, 5) is 0. The van der Waals surface area contributed by atoms with Gasteiger partial charge in [-0.25, -0.2) is 13.2 Å². The van der Waals surface area contributed by atoms with Crippen molar-refractivity contribution >= 4 is 11.6 Å². The summed E-state index contributed by atoms with van der Waals surface area (Å²) in [5.74, 6) is -4.00. The molecule has 0 aliphatic heterocycles. The van der Waals surface area contributed by atoms with E-state index in [9.17, 15) is 13.2 Å². The molecule has 1 aromatic rings. The van der Waals surface area contributed by atoms with E-state index in [1.807, 2.05) is 0 Å². The highest BCUT2D eigenvalue weighted by Crippen LogP contribution is 2.27. The molecule has 0 saturated carbocycles. The van der Waals surface area contributed by atoms with Gasteiger partial charge in [-0.3, -0.25) is 0 Å². The lowest BCUT2D eigenvalue weighted by atomic mass is 10.1. The zero-order chi connectivity index (χ0) is 9.46. The fourth-order valence-electron chi connectivity index (χ4n) is 0.851. The van der Waals surface area contributed by atoms with Crippen LogP contribution in [-0.4, -0.2) is 0 Å². The molecule has 0 fully saturated rings. The van der Waals surface area contributed by atoms with Crippen LogP contribution in [0.4, 0.5) is 13.2 Å². The molecule has 0 aliphatic rings. The third kappa shape index (κ3) is 1.18. The van der Waals surface area contributed by atoms with Crippen LogP contribution in [0.1, 0.15) is 11.1 Å². The summed E-state index contributed by atoms with van der Waals surface area (Å²) in [5.41, 5.74) is 0.270. The first kappa shape index (κ1) is 9.39. The summed E-state index contributed by atoms with van der Waals surface area (Å²) in [6, 6.07) is 0. The van der Waals surface area contributed by atoms with Crippen LogP contribution >= 0.6 is 11.6 Å². The van der Waals surface area contributed by atoms with Crippen molar-refractivity contribution < 1.29 is 13.2 Å². The Balaban J connectivity index is 3.60. The van der Waals surface area contributed by atoms with E-state index in [1.54, 1.807) is 0 Å². The Bertz CT molecular complexity index is 229. The van der Waals surface area contributed by atoms with E-state index in [2.05, 4.69) is 0 Å². The minimum Gasteiger partial charge on any atom is -0.203 e. The van der Waals surface area contributed by atoms with Gasteiger partial charge in [0.25, 0.3) is 0 Å². The average Bonchev–Trinajstić information content (AvgIpc) is 2.08. The fraction of sp³-hybridized carbons (Fsp3) is 0.250. The molecule has 0 bridgehead atoms. The van der Waals surface area contributed by atoms with Gasteiger partial charge in [0.05, 0.1) is 5.02 Å². The molecule has 4 heteroatoms. The van der Waals surface area contributed by atoms with E-state index in [1.165, 1.54) is 13.8 Å². The van der Waals surface area contributed by atoms with Crippen molar-refractivity contribution in [2.24, 2.45) is 0 Å². The van der Waals surface area contributed by atoms with Crippen molar-refractivity contribution in [1.82, 2.24) is 0 Å². The van der Waals surface area contributed by atoms with Crippen LogP contribution in [0.2, 0.25) is 5.02 Å². The second kappa shape index (κ2) is 2.98. The van der Waals surface area contributed by atoms with E-state index >= 15 is 0 Å². The standard InChI is InChI=1S/C8H6ClF3/c1-3-4(2)6(10)8(12)7(11)5(3)9/h1-2H3. The van der Waals surface area contributed by atoms with Crippen LogP contribution in [0, 0.1) is 31.3 Å². The van der Waals surface area contributed by atoms with E-state index < -0.39 is 17.5 Å². The monoisotopic (exact) mass is 194 g/mol. The molecule has 1 aromatic carbocycles. The van der Waals surface area contributed by atoms with Gasteiger partial charge in [-0.2, -0.15) is 0 Å². The average molecular weight is 195 g/mol. The molecular formula is C8H6ClF3. The van der Waals surface area contributed by atoms with Crippen molar-refractivity contribution in [3.63, 3.8) is 0 Å². The summed E-state index contributed by atoms with van der Waals surface area (Å²) in [6.07, 6.45) is 0. The molecule has 0 atom stereocenters. The normalized spacial score (nSPS) is 10.5. The molecule has 0 saturated heterocycles. The van der Waals surface area contributed by atoms with Crippen LogP contribution < -0.4 is 0 Å². The maximum atomic E-state index is 12.8. The molecule has 0 unspecified atom stereocenters. The molecule has 0 heterocycles. The van der Waals surface area contributed by atoms with E-state index in [0.717, 1.165) is 0 Å². The lowest BCUT2D eigenvalue weighted by Gasteiger charge is -2.06. The van der Waals surface area contributed by atoms with Gasteiger partial charge in [-0.15, -0.1) is 0 Å². The Kier molecular flexibility index (Phi) is 2.33. The molecule has 1 rings (SSSR count). The Hall–Kier alpha value is -0.700. The van der Waals surface area contributed by atoms with Gasteiger partial charge < -0.3 is 0 Å². The van der Waals surface area contributed by atoms with Crippen LogP contribution in [0.15, 0.2) is 0 Å². The number of halogens is 4. The Morgan fingerprint density at radius 2 is 1.33 bits per heavy atom. The second-order valence-corrected chi connectivity index (χ2v) is 2.88. The zero-order valence-electron chi connectivity index (χ0n) is 6.51. The van der Waals surface area contributed by atoms with E-state index in [0.29, 0.717) is 0 Å². The highest BCUT2D eigenvalue weighted by atomic mass is 35.5. The molecule has 0 aliphatic carbocycles. The predicted molar refractivity (Wildman–Crippen MR) is 40.8 cm³/mol. The van der Waals surface area contributed by atoms with Crippen molar-refractivity contribution in [2.75, 3.05) is 0 Å². The summed E-state index contributed by atoms with van der Waals surface area (Å²) >= 11 is 5.38. The molecule has 0 radical (unpaired) electrons. The molecule has 0 aromatic heterocycles. The zero-order valence-corrected chi connectivity index (χ0v) is 7.27. The summed E-state index contributed by atoms with van der Waals surface area (Å²) in [5, 5.41) is -0.355. The highest BCUT2D eigenvalue weighted by Gasteiger charge is 2.18. The number of rotatable bonds is 0. The van der Waals surface area contributed by atoms with Gasteiger partial charge in [-0.05, 0) is 25.0 Å². The molecule has 0 N–H and O–H groups in total. The van der Waals surface area contributed by atoms with Gasteiger partial charge >= 0.3 is 0 Å². The first-order valence-corrected chi connectivity index (χ1v) is 3.63. The van der Waals surface area contributed by atoms with Gasteiger partial charge in [0.1, 0.15) is 0 Å². The van der Waals surface area contributed by atoms with Crippen molar-refractivity contribution in [3.05, 3.63) is 33.6 Å². The van der Waals surface area contributed by atoms with Crippen LogP contribution in [0.5, 0.6) is 0 Å². The van der Waals surface area contributed by atoms with Crippen LogP contribution in [0.3, 0.4) is 0 Å². The van der Waals surface area contributed by atoms with Gasteiger partial charge in [0, 0.05) is 0 Å². The van der Waals surface area contributed by atoms with Crippen molar-refractivity contribution in [3.8, 4) is 0 Å². The minimum atomic E-state index is -1.51. The Labute approximate surface area is 73.0 Å². The second-order valence-electron chi connectivity index (χ2n) is 2.51. The number of hydrogen-bond acceptors (Lipinski definition) is 0. The summed E-state index contributed by atoms with van der Waals surface area (Å²) < 4.78 is 38.0. The predicted octanol–water partition coefficient (Wildman–Crippen LogP) is 3.37. The Morgan fingerprint density at radius 3 is 1.83 bits per heavy atom. The van der Waals surface area contributed by atoms with Crippen LogP contribution in [-0.2, 0) is 0 Å². The molecule has 66 valence electrons. The first-order valence-electron chi connectivity index (χ1n) is 3.26. The SMILES string of the molecule is Cc1c(C)c(Cl)c(F)c(F)c1F. The molecule has 12 heavy (non-hydrogen) atoms. The quantitative estimate of drug-likeness (QED) is 0.439. The van der Waals surface area contributed by atoms with Crippen LogP contribution in [0.25, 0.3) is 0 Å². The number of benzene rings is 1. The van der Waals surface area contributed by atoms with Crippen molar-refractivity contribution in [1.29, 1.82) is 0 Å². The van der Waals surface area contributed by atoms with Gasteiger partial charge in [0.2, 0.25) is 0 Å². The third-order valence-corrected chi connectivity index (χ3v) is 2.25. The highest BCUT2D eigenvalue weighted by molar-refractivity contribution is 6.31. The van der Waals surface area contributed by atoms with E-state index in [4.69, 9.17) is 11.6 Å². The van der Waals surface area contributed by atoms with Crippen molar-refractivity contribution in [2.45, 2.75) is 13.8 Å². The lowest BCUT2D eigenvalue weighted by Crippen LogP contribution is -1.98. The smallest absolute Gasteiger partial charge is 0.196 e. The molecule has 0 spiro atoms. The maximum absolute atomic E-state index is 12.8.